The van der Waals surface area contributed by atoms with Crippen molar-refractivity contribution in [3.63, 3.8) is 0 Å². The number of amides is 1. The second-order valence-corrected chi connectivity index (χ2v) is 5.05. The Bertz CT molecular complexity index is 407. The van der Waals surface area contributed by atoms with Crippen LogP contribution < -0.4 is 0 Å². The number of hydrogen-bond donors (Lipinski definition) is 1. The van der Waals surface area contributed by atoms with Gasteiger partial charge in [0, 0.05) is 13.1 Å². The predicted molar refractivity (Wildman–Crippen MR) is 72.5 cm³/mol. The third kappa shape index (κ3) is 3.78. The van der Waals surface area contributed by atoms with E-state index in [1.165, 1.54) is 0 Å². The summed E-state index contributed by atoms with van der Waals surface area (Å²) in [6, 6.07) is 9.85. The maximum Gasteiger partial charge on any atom is 0.228 e. The van der Waals surface area contributed by atoms with Crippen LogP contribution in [0.2, 0.25) is 0 Å². The largest absolute Gasteiger partial charge is 0.395 e. The van der Waals surface area contributed by atoms with Crippen LogP contribution in [-0.4, -0.2) is 41.8 Å². The van der Waals surface area contributed by atoms with E-state index in [-0.39, 0.29) is 24.5 Å². The molecule has 2 atom stereocenters. The minimum atomic E-state index is -0.0646. The van der Waals surface area contributed by atoms with Crippen molar-refractivity contribution in [2.24, 2.45) is 5.92 Å². The zero-order valence-corrected chi connectivity index (χ0v) is 11.3. The van der Waals surface area contributed by atoms with Crippen LogP contribution >= 0.6 is 0 Å². The minimum Gasteiger partial charge on any atom is -0.395 e. The first kappa shape index (κ1) is 14.0. The van der Waals surface area contributed by atoms with Crippen LogP contribution in [0.3, 0.4) is 0 Å². The Morgan fingerprint density at radius 3 is 2.74 bits per heavy atom. The Morgan fingerprint density at radius 1 is 1.42 bits per heavy atom. The molecule has 2 rings (SSSR count). The summed E-state index contributed by atoms with van der Waals surface area (Å²) in [6.07, 6.45) is 0.928. The molecular weight excluding hydrogens is 242 g/mol. The lowest BCUT2D eigenvalue weighted by Gasteiger charge is -2.24. The fourth-order valence-corrected chi connectivity index (χ4v) is 2.44. The van der Waals surface area contributed by atoms with Crippen LogP contribution in [-0.2, 0) is 16.1 Å². The molecule has 1 aromatic rings. The summed E-state index contributed by atoms with van der Waals surface area (Å²) in [5, 5.41) is 9.13. The van der Waals surface area contributed by atoms with Gasteiger partial charge in [0.15, 0.2) is 0 Å². The van der Waals surface area contributed by atoms with Gasteiger partial charge >= 0.3 is 0 Å². The molecule has 0 saturated carbocycles. The van der Waals surface area contributed by atoms with Crippen LogP contribution in [0, 0.1) is 5.92 Å². The predicted octanol–water partition coefficient (Wildman–Crippen LogP) is 1.43. The Morgan fingerprint density at radius 2 is 2.16 bits per heavy atom. The van der Waals surface area contributed by atoms with Gasteiger partial charge < -0.3 is 14.7 Å². The molecule has 1 amide bonds. The van der Waals surface area contributed by atoms with Gasteiger partial charge in [-0.1, -0.05) is 30.3 Å². The molecule has 19 heavy (non-hydrogen) atoms. The standard InChI is InChI=1S/C15H21NO3/c1-12-9-14(11-19-12)15(18)16(7-8-17)10-13-5-3-2-4-6-13/h2-6,12,14,17H,7-11H2,1H3. The molecule has 0 bridgehead atoms. The van der Waals surface area contributed by atoms with Crippen molar-refractivity contribution in [2.45, 2.75) is 26.0 Å². The first-order valence-electron chi connectivity index (χ1n) is 6.76. The Kier molecular flexibility index (Phi) is 4.93. The minimum absolute atomic E-state index is 0.0122. The summed E-state index contributed by atoms with van der Waals surface area (Å²) in [4.78, 5) is 14.1. The normalized spacial score (nSPS) is 22.4. The van der Waals surface area contributed by atoms with Crippen molar-refractivity contribution in [3.05, 3.63) is 35.9 Å². The molecular formula is C15H21NO3. The lowest BCUT2D eigenvalue weighted by molar-refractivity contribution is -0.136. The number of aliphatic hydroxyl groups excluding tert-OH is 1. The highest BCUT2D eigenvalue weighted by Gasteiger charge is 2.31. The van der Waals surface area contributed by atoms with Gasteiger partial charge in [0.05, 0.1) is 25.2 Å². The molecule has 1 fully saturated rings. The molecule has 0 radical (unpaired) electrons. The smallest absolute Gasteiger partial charge is 0.228 e. The van der Waals surface area contributed by atoms with E-state index in [9.17, 15) is 4.79 Å². The van der Waals surface area contributed by atoms with Gasteiger partial charge in [0.25, 0.3) is 0 Å². The van der Waals surface area contributed by atoms with Crippen LogP contribution in [0.15, 0.2) is 30.3 Å². The summed E-state index contributed by atoms with van der Waals surface area (Å²) in [5.41, 5.74) is 1.08. The van der Waals surface area contributed by atoms with Crippen molar-refractivity contribution in [1.82, 2.24) is 4.90 Å². The van der Waals surface area contributed by atoms with Crippen molar-refractivity contribution < 1.29 is 14.6 Å². The van der Waals surface area contributed by atoms with Crippen molar-refractivity contribution in [3.8, 4) is 0 Å². The highest BCUT2D eigenvalue weighted by Crippen LogP contribution is 2.22. The first-order valence-corrected chi connectivity index (χ1v) is 6.76. The van der Waals surface area contributed by atoms with Gasteiger partial charge in [-0.25, -0.2) is 0 Å². The summed E-state index contributed by atoms with van der Waals surface area (Å²) in [5.74, 6) is 0.0208. The zero-order valence-electron chi connectivity index (χ0n) is 11.3. The van der Waals surface area contributed by atoms with Crippen LogP contribution in [0.25, 0.3) is 0 Å². The molecule has 4 nitrogen and oxygen atoms in total. The summed E-state index contributed by atoms with van der Waals surface area (Å²) < 4.78 is 5.46. The molecule has 1 aliphatic rings. The second kappa shape index (κ2) is 6.68. The SMILES string of the molecule is CC1CC(C(=O)N(CCO)Cc2ccccc2)CO1. The fraction of sp³-hybridized carbons (Fsp3) is 0.533. The fourth-order valence-electron chi connectivity index (χ4n) is 2.44. The average molecular weight is 263 g/mol. The number of nitrogens with zero attached hydrogens (tertiary/aromatic N) is 1. The number of carbonyl (C=O) groups excluding carboxylic acids is 1. The highest BCUT2D eigenvalue weighted by molar-refractivity contribution is 5.79. The summed E-state index contributed by atoms with van der Waals surface area (Å²) in [7, 11) is 0. The lowest BCUT2D eigenvalue weighted by Crippen LogP contribution is -2.38. The molecule has 1 saturated heterocycles. The molecule has 4 heteroatoms. The number of ether oxygens (including phenoxy) is 1. The van der Waals surface area contributed by atoms with Gasteiger partial charge in [-0.15, -0.1) is 0 Å². The third-order valence-corrected chi connectivity index (χ3v) is 3.45. The summed E-state index contributed by atoms with van der Waals surface area (Å²) in [6.45, 7) is 3.39. The first-order chi connectivity index (χ1) is 9.20. The van der Waals surface area contributed by atoms with Crippen molar-refractivity contribution >= 4 is 5.91 Å². The molecule has 0 aliphatic carbocycles. The van der Waals surface area contributed by atoms with Crippen molar-refractivity contribution in [1.29, 1.82) is 0 Å². The molecule has 2 unspecified atom stereocenters. The third-order valence-electron chi connectivity index (χ3n) is 3.45. The van der Waals surface area contributed by atoms with E-state index in [4.69, 9.17) is 9.84 Å². The molecule has 1 heterocycles. The van der Waals surface area contributed by atoms with Crippen LogP contribution in [0.4, 0.5) is 0 Å². The van der Waals surface area contributed by atoms with Gasteiger partial charge in [0.2, 0.25) is 5.91 Å². The number of benzene rings is 1. The quantitative estimate of drug-likeness (QED) is 0.874. The summed E-state index contributed by atoms with van der Waals surface area (Å²) >= 11 is 0. The van der Waals surface area contributed by atoms with E-state index < -0.39 is 0 Å². The number of carbonyl (C=O) groups is 1. The number of hydrogen-bond acceptors (Lipinski definition) is 3. The maximum absolute atomic E-state index is 12.4. The van der Waals surface area contributed by atoms with Gasteiger partial charge in [0.1, 0.15) is 0 Å². The molecule has 1 N–H and O–H groups in total. The lowest BCUT2D eigenvalue weighted by atomic mass is 10.0. The zero-order chi connectivity index (χ0) is 13.7. The Hall–Kier alpha value is -1.39. The van der Waals surface area contributed by atoms with E-state index in [0.29, 0.717) is 19.7 Å². The monoisotopic (exact) mass is 263 g/mol. The van der Waals surface area contributed by atoms with Gasteiger partial charge in [-0.2, -0.15) is 0 Å². The molecule has 1 aliphatic heterocycles. The number of aliphatic hydroxyl groups is 1. The van der Waals surface area contributed by atoms with Crippen molar-refractivity contribution in [2.75, 3.05) is 19.8 Å². The van der Waals surface area contributed by atoms with E-state index in [2.05, 4.69) is 0 Å². The van der Waals surface area contributed by atoms with E-state index in [1.807, 2.05) is 37.3 Å². The Balaban J connectivity index is 2.01. The van der Waals surface area contributed by atoms with Crippen LogP contribution in [0.5, 0.6) is 0 Å². The van der Waals surface area contributed by atoms with E-state index in [1.54, 1.807) is 4.90 Å². The van der Waals surface area contributed by atoms with E-state index in [0.717, 1.165) is 12.0 Å². The number of rotatable bonds is 5. The topological polar surface area (TPSA) is 49.8 Å². The van der Waals surface area contributed by atoms with Gasteiger partial charge in [-0.05, 0) is 18.9 Å². The molecule has 0 aromatic heterocycles. The van der Waals surface area contributed by atoms with E-state index >= 15 is 0 Å². The molecule has 104 valence electrons. The van der Waals surface area contributed by atoms with Gasteiger partial charge in [-0.3, -0.25) is 4.79 Å². The average Bonchev–Trinajstić information content (AvgIpc) is 2.85. The Labute approximate surface area is 114 Å². The molecule has 1 aromatic carbocycles. The second-order valence-electron chi connectivity index (χ2n) is 5.05. The maximum atomic E-state index is 12.4. The highest BCUT2D eigenvalue weighted by atomic mass is 16.5. The van der Waals surface area contributed by atoms with Crippen LogP contribution in [0.1, 0.15) is 18.9 Å². The molecule has 0 spiro atoms.